The van der Waals surface area contributed by atoms with Crippen LogP contribution < -0.4 is 11.5 Å². The van der Waals surface area contributed by atoms with E-state index < -0.39 is 64.7 Å². The van der Waals surface area contributed by atoms with Gasteiger partial charge in [0.15, 0.2) is 11.9 Å². The zero-order valence-electron chi connectivity index (χ0n) is 20.7. The van der Waals surface area contributed by atoms with Crippen LogP contribution in [0.2, 0.25) is 0 Å². The lowest BCUT2D eigenvalue weighted by Gasteiger charge is -2.60. The molecule has 2 saturated carbocycles. The number of ether oxygens (including phenoxy) is 3. The van der Waals surface area contributed by atoms with Gasteiger partial charge in [-0.05, 0) is 38.0 Å². The Morgan fingerprint density at radius 1 is 1.14 bits per heavy atom. The van der Waals surface area contributed by atoms with Crippen LogP contribution in [0.25, 0.3) is 0 Å². The molecule has 37 heavy (non-hydrogen) atoms. The van der Waals surface area contributed by atoms with Crippen molar-refractivity contribution in [3.8, 4) is 0 Å². The molecule has 0 spiro atoms. The quantitative estimate of drug-likeness (QED) is 0.459. The minimum absolute atomic E-state index is 0.0880. The van der Waals surface area contributed by atoms with E-state index in [4.69, 9.17) is 30.1 Å². The highest BCUT2D eigenvalue weighted by molar-refractivity contribution is 5.97. The Kier molecular flexibility index (Phi) is 6.19. The van der Waals surface area contributed by atoms with E-state index in [0.29, 0.717) is 5.56 Å². The molecular formula is C27H30N2O8. The van der Waals surface area contributed by atoms with Gasteiger partial charge in [0.25, 0.3) is 0 Å². The molecule has 5 rings (SSSR count). The van der Waals surface area contributed by atoms with Crippen molar-refractivity contribution in [1.29, 1.82) is 0 Å². The molecule has 1 aromatic carbocycles. The number of hydrogen-bond donors (Lipinski definition) is 2. The van der Waals surface area contributed by atoms with E-state index in [-0.39, 0.29) is 31.2 Å². The summed E-state index contributed by atoms with van der Waals surface area (Å²) >= 11 is 0. The van der Waals surface area contributed by atoms with Crippen molar-refractivity contribution < 1.29 is 37.8 Å². The summed E-state index contributed by atoms with van der Waals surface area (Å²) in [5, 5.41) is 0. The molecule has 2 aliphatic carbocycles. The van der Waals surface area contributed by atoms with E-state index in [1.54, 1.807) is 24.3 Å². The summed E-state index contributed by atoms with van der Waals surface area (Å²) < 4.78 is 21.5. The summed E-state index contributed by atoms with van der Waals surface area (Å²) in [4.78, 5) is 53.1. The number of esters is 3. The first-order valence-electron chi connectivity index (χ1n) is 12.3. The summed E-state index contributed by atoms with van der Waals surface area (Å²) in [6.45, 7) is 1.83. The van der Waals surface area contributed by atoms with Crippen molar-refractivity contribution in [3.63, 3.8) is 0 Å². The highest BCUT2D eigenvalue weighted by atomic mass is 16.6. The van der Waals surface area contributed by atoms with Crippen LogP contribution in [0.4, 0.5) is 0 Å². The third kappa shape index (κ3) is 4.04. The lowest BCUT2D eigenvalue weighted by Crippen LogP contribution is -2.78. The van der Waals surface area contributed by atoms with Gasteiger partial charge in [0.1, 0.15) is 6.10 Å². The minimum atomic E-state index is -1.44. The molecule has 10 nitrogen and oxygen atoms in total. The minimum Gasteiger partial charge on any atom is -0.472 e. The maximum Gasteiger partial charge on any atom is 0.338 e. The highest BCUT2D eigenvalue weighted by Gasteiger charge is 2.69. The Morgan fingerprint density at radius 2 is 1.92 bits per heavy atom. The fourth-order valence-electron chi connectivity index (χ4n) is 6.51. The fourth-order valence-corrected chi connectivity index (χ4v) is 6.51. The predicted molar refractivity (Wildman–Crippen MR) is 128 cm³/mol. The van der Waals surface area contributed by atoms with Gasteiger partial charge in [-0.2, -0.15) is 0 Å². The number of nitrogens with two attached hydrogens (primary N) is 2. The number of furan rings is 1. The van der Waals surface area contributed by atoms with Crippen LogP contribution in [0.1, 0.15) is 53.3 Å². The second-order valence-electron chi connectivity index (χ2n) is 10.4. The van der Waals surface area contributed by atoms with Crippen molar-refractivity contribution in [2.45, 2.75) is 55.9 Å². The van der Waals surface area contributed by atoms with Crippen LogP contribution in [-0.4, -0.2) is 48.0 Å². The van der Waals surface area contributed by atoms with Crippen molar-refractivity contribution in [2.75, 3.05) is 7.11 Å². The maximum atomic E-state index is 14.1. The monoisotopic (exact) mass is 510 g/mol. The highest BCUT2D eigenvalue weighted by Crippen LogP contribution is 2.55. The predicted octanol–water partition coefficient (Wildman–Crippen LogP) is 1.98. The molecule has 0 radical (unpaired) electrons. The number of ketones is 1. The molecule has 4 N–H and O–H groups in total. The number of fused-ring (bicyclic) bond motifs is 3. The number of methoxy groups -OCH3 is 1. The van der Waals surface area contributed by atoms with Gasteiger partial charge in [-0.3, -0.25) is 14.4 Å². The molecular weight excluding hydrogens is 480 g/mol. The summed E-state index contributed by atoms with van der Waals surface area (Å²) in [5.74, 6) is -5.31. The number of hydrogen-bond acceptors (Lipinski definition) is 10. The average Bonchev–Trinajstić information content (AvgIpc) is 3.39. The number of Topliss-reactive ketones (excluding diaryl/α,β-unsaturated/α-hetero) is 1. The molecule has 7 atom stereocenters. The van der Waals surface area contributed by atoms with Gasteiger partial charge in [0.2, 0.25) is 0 Å². The second-order valence-corrected chi connectivity index (χ2v) is 10.4. The summed E-state index contributed by atoms with van der Waals surface area (Å²) in [5.41, 5.74) is 12.8. The molecule has 2 aromatic rings. The second kappa shape index (κ2) is 9.11. The number of cyclic esters (lactones) is 1. The van der Waals surface area contributed by atoms with Gasteiger partial charge < -0.3 is 30.1 Å². The van der Waals surface area contributed by atoms with Gasteiger partial charge in [-0.1, -0.05) is 17.7 Å². The Balaban J connectivity index is 1.54. The Hall–Kier alpha value is -3.50. The maximum absolute atomic E-state index is 14.1. The Labute approximate surface area is 213 Å². The third-order valence-corrected chi connectivity index (χ3v) is 8.28. The standard InChI is InChI=1S/C27H30N2O8/c1-14-4-3-5-15(10-14)23(31)36-19-11-18(24(32)34-2)26(28)8-6-17-25(33)37-20(16-7-9-35-13-16)12-27(17,29)22(26)21(19)30/h3-5,7,9-10,13,17-20,22H,6,8,11-12,28-29H2,1-2H3/t17-,18-,19?,20-,22-,26+,27+/m0/s1. The zero-order chi connectivity index (χ0) is 26.5. The summed E-state index contributed by atoms with van der Waals surface area (Å²) in [7, 11) is 1.24. The molecule has 1 aliphatic heterocycles. The van der Waals surface area contributed by atoms with Crippen LogP contribution in [0.15, 0.2) is 47.3 Å². The summed E-state index contributed by atoms with van der Waals surface area (Å²) in [6.07, 6.45) is 1.24. The van der Waals surface area contributed by atoms with E-state index in [9.17, 15) is 19.2 Å². The van der Waals surface area contributed by atoms with E-state index in [2.05, 4.69) is 0 Å². The van der Waals surface area contributed by atoms with E-state index in [1.165, 1.54) is 19.6 Å². The number of aryl methyl sites for hydroxylation is 1. The number of carbonyl (C=O) groups excluding carboxylic acids is 4. The average molecular weight is 511 g/mol. The fraction of sp³-hybridized carbons (Fsp3) is 0.481. The number of benzene rings is 1. The lowest BCUT2D eigenvalue weighted by molar-refractivity contribution is -0.186. The van der Waals surface area contributed by atoms with Crippen LogP contribution in [0.5, 0.6) is 0 Å². The number of rotatable bonds is 4. The van der Waals surface area contributed by atoms with Crippen molar-refractivity contribution in [1.82, 2.24) is 0 Å². The van der Waals surface area contributed by atoms with Gasteiger partial charge in [0, 0.05) is 29.5 Å². The molecule has 1 unspecified atom stereocenters. The van der Waals surface area contributed by atoms with E-state index >= 15 is 0 Å². The zero-order valence-corrected chi connectivity index (χ0v) is 20.7. The van der Waals surface area contributed by atoms with Crippen molar-refractivity contribution in [3.05, 3.63) is 59.5 Å². The first-order valence-corrected chi connectivity index (χ1v) is 12.3. The van der Waals surface area contributed by atoms with Gasteiger partial charge in [-0.25, -0.2) is 4.79 Å². The summed E-state index contributed by atoms with van der Waals surface area (Å²) in [6, 6.07) is 8.43. The number of carbonyl (C=O) groups is 4. The molecule has 0 amide bonds. The Morgan fingerprint density at radius 3 is 2.59 bits per heavy atom. The van der Waals surface area contributed by atoms with E-state index in [1.807, 2.05) is 13.0 Å². The van der Waals surface area contributed by atoms with Crippen LogP contribution >= 0.6 is 0 Å². The van der Waals surface area contributed by atoms with Crippen molar-refractivity contribution in [2.24, 2.45) is 29.2 Å². The normalized spacial score (nSPS) is 35.1. The van der Waals surface area contributed by atoms with Crippen LogP contribution in [0, 0.1) is 24.7 Å². The van der Waals surface area contributed by atoms with Crippen LogP contribution in [0.3, 0.4) is 0 Å². The molecule has 0 bridgehead atoms. The smallest absolute Gasteiger partial charge is 0.338 e. The SMILES string of the molecule is COC(=O)[C@@H]1CC(OC(=O)c2cccc(C)c2)C(=O)[C@H]2[C@@]1(N)CC[C@H]1C(=O)O[C@H](c3ccoc3)C[C@]21N. The molecule has 10 heteroatoms. The topological polar surface area (TPSA) is 161 Å². The largest absolute Gasteiger partial charge is 0.472 e. The first kappa shape index (κ1) is 25.2. The lowest BCUT2D eigenvalue weighted by atomic mass is 9.48. The Bertz CT molecular complexity index is 1240. The van der Waals surface area contributed by atoms with Gasteiger partial charge in [0.05, 0.1) is 43.0 Å². The molecule has 1 saturated heterocycles. The first-order chi connectivity index (χ1) is 17.6. The molecule has 196 valence electrons. The molecule has 2 heterocycles. The van der Waals surface area contributed by atoms with E-state index in [0.717, 1.165) is 5.56 Å². The molecule has 3 fully saturated rings. The molecule has 3 aliphatic rings. The van der Waals surface area contributed by atoms with Gasteiger partial charge >= 0.3 is 17.9 Å². The third-order valence-electron chi connectivity index (χ3n) is 8.28. The van der Waals surface area contributed by atoms with Crippen LogP contribution in [-0.2, 0) is 28.6 Å². The molecule has 1 aromatic heterocycles. The van der Waals surface area contributed by atoms with Gasteiger partial charge in [-0.15, -0.1) is 0 Å². The van der Waals surface area contributed by atoms with Crippen molar-refractivity contribution >= 4 is 23.7 Å².